The SMILES string of the molecule is CC(C)(C)OC(=O)N(CC(CS(C)(=O)=O)[N+](=O)[O-])c1ccc(Cl)cc1. The number of hydrogen-bond donors (Lipinski definition) is 0. The summed E-state index contributed by atoms with van der Waals surface area (Å²) in [7, 11) is -3.61. The largest absolute Gasteiger partial charge is 0.443 e. The van der Waals surface area contributed by atoms with Crippen LogP contribution in [0.25, 0.3) is 0 Å². The van der Waals surface area contributed by atoms with E-state index >= 15 is 0 Å². The molecule has 1 aromatic carbocycles. The summed E-state index contributed by atoms with van der Waals surface area (Å²) in [5.41, 5.74) is -0.498. The molecule has 0 saturated heterocycles. The van der Waals surface area contributed by atoms with E-state index < -0.39 is 44.8 Å². The molecule has 0 radical (unpaired) electrons. The molecular weight excluding hydrogens is 372 g/mol. The van der Waals surface area contributed by atoms with Crippen molar-refractivity contribution in [3.05, 3.63) is 39.4 Å². The highest BCUT2D eigenvalue weighted by Crippen LogP contribution is 2.21. The minimum atomic E-state index is -3.61. The molecule has 1 amide bonds. The molecule has 0 saturated carbocycles. The molecule has 8 nitrogen and oxygen atoms in total. The molecule has 1 rings (SSSR count). The fraction of sp³-hybridized carbons (Fsp3) is 0.533. The van der Waals surface area contributed by atoms with Crippen molar-refractivity contribution in [2.45, 2.75) is 32.4 Å². The predicted molar refractivity (Wildman–Crippen MR) is 95.5 cm³/mol. The lowest BCUT2D eigenvalue weighted by molar-refractivity contribution is -0.513. The van der Waals surface area contributed by atoms with Gasteiger partial charge in [0.1, 0.15) is 11.4 Å². The number of ether oxygens (including phenoxy) is 1. The molecule has 0 heterocycles. The maximum absolute atomic E-state index is 12.5. The van der Waals surface area contributed by atoms with E-state index in [2.05, 4.69) is 0 Å². The highest BCUT2D eigenvalue weighted by Gasteiger charge is 2.33. The molecular formula is C15H21ClN2O6S. The van der Waals surface area contributed by atoms with Crippen LogP contribution in [0.2, 0.25) is 5.02 Å². The number of halogens is 1. The molecule has 140 valence electrons. The second-order valence-corrected chi connectivity index (χ2v) is 9.22. The van der Waals surface area contributed by atoms with E-state index in [9.17, 15) is 23.3 Å². The third kappa shape index (κ3) is 7.70. The topological polar surface area (TPSA) is 107 Å². The van der Waals surface area contributed by atoms with Crippen molar-refractivity contribution in [1.82, 2.24) is 0 Å². The van der Waals surface area contributed by atoms with Crippen LogP contribution in [0.3, 0.4) is 0 Å². The molecule has 1 atom stereocenters. The van der Waals surface area contributed by atoms with Gasteiger partial charge in [-0.05, 0) is 45.0 Å². The first-order valence-electron chi connectivity index (χ1n) is 7.36. The number of nitro groups is 1. The van der Waals surface area contributed by atoms with Gasteiger partial charge in [-0.1, -0.05) is 11.6 Å². The van der Waals surface area contributed by atoms with Crippen molar-refractivity contribution in [3.8, 4) is 0 Å². The Morgan fingerprint density at radius 3 is 2.24 bits per heavy atom. The van der Waals surface area contributed by atoms with Crippen LogP contribution in [0.1, 0.15) is 20.8 Å². The highest BCUT2D eigenvalue weighted by atomic mass is 35.5. The van der Waals surface area contributed by atoms with Crippen molar-refractivity contribution in [2.75, 3.05) is 23.5 Å². The molecule has 0 bridgehead atoms. The van der Waals surface area contributed by atoms with Crippen LogP contribution in [-0.4, -0.2) is 49.6 Å². The average Bonchev–Trinajstić information content (AvgIpc) is 2.41. The Morgan fingerprint density at radius 2 is 1.84 bits per heavy atom. The number of anilines is 1. The number of nitrogens with zero attached hydrogens (tertiary/aromatic N) is 2. The maximum atomic E-state index is 12.5. The molecule has 0 N–H and O–H groups in total. The number of benzene rings is 1. The summed E-state index contributed by atoms with van der Waals surface area (Å²) in [4.78, 5) is 24.0. The van der Waals surface area contributed by atoms with Gasteiger partial charge in [0.2, 0.25) is 6.04 Å². The van der Waals surface area contributed by atoms with Crippen LogP contribution in [0.5, 0.6) is 0 Å². The Morgan fingerprint density at radius 1 is 1.32 bits per heavy atom. The summed E-state index contributed by atoms with van der Waals surface area (Å²) < 4.78 is 28.2. The lowest BCUT2D eigenvalue weighted by atomic mass is 10.2. The Bertz CT molecular complexity index is 727. The van der Waals surface area contributed by atoms with Crippen LogP contribution in [0, 0.1) is 10.1 Å². The van der Waals surface area contributed by atoms with Crippen LogP contribution in [0.15, 0.2) is 24.3 Å². The van der Waals surface area contributed by atoms with Crippen molar-refractivity contribution < 1.29 is 22.9 Å². The van der Waals surface area contributed by atoms with Gasteiger partial charge in [0, 0.05) is 21.9 Å². The van der Waals surface area contributed by atoms with Crippen molar-refractivity contribution >= 4 is 33.2 Å². The zero-order valence-corrected chi connectivity index (χ0v) is 16.0. The smallest absolute Gasteiger partial charge is 0.415 e. The Labute approximate surface area is 151 Å². The van der Waals surface area contributed by atoms with Crippen molar-refractivity contribution in [1.29, 1.82) is 0 Å². The van der Waals surface area contributed by atoms with Gasteiger partial charge in [0.25, 0.3) is 0 Å². The van der Waals surface area contributed by atoms with Crippen LogP contribution < -0.4 is 4.90 Å². The Kier molecular flexibility index (Phi) is 6.78. The molecule has 0 aliphatic heterocycles. The van der Waals surface area contributed by atoms with Gasteiger partial charge >= 0.3 is 6.09 Å². The van der Waals surface area contributed by atoms with Gasteiger partial charge in [-0.3, -0.25) is 15.0 Å². The zero-order chi connectivity index (χ0) is 19.4. The number of hydrogen-bond acceptors (Lipinski definition) is 6. The third-order valence-corrected chi connectivity index (χ3v) is 4.18. The first-order valence-corrected chi connectivity index (χ1v) is 9.79. The van der Waals surface area contributed by atoms with E-state index in [0.29, 0.717) is 10.7 Å². The van der Waals surface area contributed by atoms with E-state index in [-0.39, 0.29) is 0 Å². The summed E-state index contributed by atoms with van der Waals surface area (Å²) in [6, 6.07) is 4.56. The second kappa shape index (κ2) is 8.01. The molecule has 0 aromatic heterocycles. The Balaban J connectivity index is 3.18. The lowest BCUT2D eigenvalue weighted by Gasteiger charge is -2.28. The maximum Gasteiger partial charge on any atom is 0.415 e. The van der Waals surface area contributed by atoms with E-state index in [1.807, 2.05) is 0 Å². The quantitative estimate of drug-likeness (QED) is 0.544. The van der Waals surface area contributed by atoms with Crippen molar-refractivity contribution in [3.63, 3.8) is 0 Å². The number of amides is 1. The molecule has 0 aliphatic rings. The molecule has 25 heavy (non-hydrogen) atoms. The summed E-state index contributed by atoms with van der Waals surface area (Å²) >= 11 is 5.82. The van der Waals surface area contributed by atoms with Crippen LogP contribution >= 0.6 is 11.6 Å². The molecule has 1 aromatic rings. The minimum absolute atomic E-state index is 0.319. The zero-order valence-electron chi connectivity index (χ0n) is 14.4. The minimum Gasteiger partial charge on any atom is -0.443 e. The normalized spacial score (nSPS) is 13.2. The van der Waals surface area contributed by atoms with Gasteiger partial charge in [-0.25, -0.2) is 13.2 Å². The molecule has 0 aliphatic carbocycles. The van der Waals surface area contributed by atoms with Gasteiger partial charge in [-0.2, -0.15) is 0 Å². The number of carbonyl (C=O) groups is 1. The first kappa shape index (κ1) is 21.2. The Hall–Kier alpha value is -1.87. The summed E-state index contributed by atoms with van der Waals surface area (Å²) in [6.07, 6.45) is 0.0963. The number of rotatable bonds is 6. The molecule has 0 fully saturated rings. The van der Waals surface area contributed by atoms with E-state index in [4.69, 9.17) is 16.3 Å². The summed E-state index contributed by atoms with van der Waals surface area (Å²) in [6.45, 7) is 4.53. The van der Waals surface area contributed by atoms with E-state index in [1.165, 1.54) is 24.3 Å². The first-order chi connectivity index (χ1) is 11.3. The predicted octanol–water partition coefficient (Wildman–Crippen LogP) is 2.77. The van der Waals surface area contributed by atoms with Gasteiger partial charge in [0.15, 0.2) is 9.84 Å². The fourth-order valence-electron chi connectivity index (χ4n) is 1.96. The number of sulfone groups is 1. The monoisotopic (exact) mass is 392 g/mol. The van der Waals surface area contributed by atoms with Gasteiger partial charge in [-0.15, -0.1) is 0 Å². The molecule has 0 spiro atoms. The second-order valence-electron chi connectivity index (χ2n) is 6.60. The lowest BCUT2D eigenvalue weighted by Crippen LogP contribution is -2.45. The van der Waals surface area contributed by atoms with E-state index in [0.717, 1.165) is 11.2 Å². The standard InChI is InChI=1S/C15H21ClN2O6S/c1-15(2,3)24-14(19)17(12-7-5-11(16)6-8-12)9-13(18(20)21)10-25(4,22)23/h5-8,13H,9-10H2,1-4H3. The number of carbonyl (C=O) groups excluding carboxylic acids is 1. The van der Waals surface area contributed by atoms with Crippen LogP contribution in [-0.2, 0) is 14.6 Å². The summed E-state index contributed by atoms with van der Waals surface area (Å²) in [5.74, 6) is -0.688. The third-order valence-electron chi connectivity index (χ3n) is 2.94. The fourth-order valence-corrected chi connectivity index (χ4v) is 3.02. The summed E-state index contributed by atoms with van der Waals surface area (Å²) in [5, 5.41) is 11.7. The molecule has 1 unspecified atom stereocenters. The average molecular weight is 393 g/mol. The van der Waals surface area contributed by atoms with E-state index in [1.54, 1.807) is 20.8 Å². The van der Waals surface area contributed by atoms with Crippen LogP contribution in [0.4, 0.5) is 10.5 Å². The van der Waals surface area contributed by atoms with Gasteiger partial charge in [0.05, 0.1) is 6.54 Å². The molecule has 10 heteroatoms. The highest BCUT2D eigenvalue weighted by molar-refractivity contribution is 7.90. The van der Waals surface area contributed by atoms with Crippen molar-refractivity contribution in [2.24, 2.45) is 0 Å². The van der Waals surface area contributed by atoms with Gasteiger partial charge < -0.3 is 4.74 Å².